The zero-order chi connectivity index (χ0) is 29.5. The third-order valence-electron chi connectivity index (χ3n) is 7.36. The lowest BCUT2D eigenvalue weighted by molar-refractivity contribution is 0.00750. The highest BCUT2D eigenvalue weighted by molar-refractivity contribution is 5.76. The van der Waals surface area contributed by atoms with E-state index in [1.165, 1.54) is 12.1 Å². The van der Waals surface area contributed by atoms with E-state index in [9.17, 15) is 22.8 Å². The van der Waals surface area contributed by atoms with E-state index in [2.05, 4.69) is 5.32 Å². The molecule has 10 nitrogen and oxygen atoms in total. The molecule has 2 saturated heterocycles. The monoisotopic (exact) mass is 576 g/mol. The molecular weight excluding hydrogens is 541 g/mol. The number of fused-ring (bicyclic) bond motifs is 1. The Morgan fingerprint density at radius 1 is 1.05 bits per heavy atom. The third kappa shape index (κ3) is 6.19. The fourth-order valence-corrected chi connectivity index (χ4v) is 5.14. The number of alkyl halides is 2. The van der Waals surface area contributed by atoms with Gasteiger partial charge < -0.3 is 29.5 Å². The van der Waals surface area contributed by atoms with Crippen LogP contribution in [0.3, 0.4) is 0 Å². The van der Waals surface area contributed by atoms with Gasteiger partial charge in [0.2, 0.25) is 0 Å². The van der Waals surface area contributed by atoms with Crippen molar-refractivity contribution in [2.75, 3.05) is 44.7 Å². The Kier molecular flexibility index (Phi) is 8.00. The molecule has 0 spiro atoms. The lowest BCUT2D eigenvalue weighted by Crippen LogP contribution is -2.50. The van der Waals surface area contributed by atoms with Crippen LogP contribution in [0.2, 0.25) is 0 Å². The van der Waals surface area contributed by atoms with Crippen molar-refractivity contribution in [2.45, 2.75) is 64.8 Å². The average Bonchev–Trinajstić information content (AvgIpc) is 3.31. The van der Waals surface area contributed by atoms with E-state index in [0.717, 1.165) is 6.07 Å². The number of anilines is 1. The minimum Gasteiger partial charge on any atom is -0.444 e. The fraction of sp³-hybridized carbons (Fsp3) is 0.571. The van der Waals surface area contributed by atoms with E-state index < -0.39 is 35.5 Å². The second-order valence-corrected chi connectivity index (χ2v) is 11.6. The van der Waals surface area contributed by atoms with Crippen molar-refractivity contribution in [3.05, 3.63) is 52.2 Å². The minimum absolute atomic E-state index is 0.0794. The van der Waals surface area contributed by atoms with Gasteiger partial charge in [-0.1, -0.05) is 18.2 Å². The van der Waals surface area contributed by atoms with Gasteiger partial charge in [-0.05, 0) is 27.7 Å². The number of carbonyl (C=O) groups is 2. The van der Waals surface area contributed by atoms with Gasteiger partial charge in [0.1, 0.15) is 23.1 Å². The second kappa shape index (κ2) is 11.3. The van der Waals surface area contributed by atoms with Gasteiger partial charge in [0, 0.05) is 37.3 Å². The van der Waals surface area contributed by atoms with Gasteiger partial charge in [-0.2, -0.15) is 0 Å². The van der Waals surface area contributed by atoms with E-state index in [4.69, 9.17) is 19.4 Å². The predicted octanol–water partition coefficient (Wildman–Crippen LogP) is 4.83. The topological polar surface area (TPSA) is 100 Å². The SMILES string of the molecule is C[C@@H](Nc1nc(C2CN(C(=O)OC(C)(C)C)C2)nc2c1CN(C(=O)N1CCOCC1)C2)c1cccc(C(F)F)c1F. The molecule has 1 aromatic heterocycles. The van der Waals surface area contributed by atoms with E-state index in [1.54, 1.807) is 42.4 Å². The highest BCUT2D eigenvalue weighted by Gasteiger charge is 2.39. The fourth-order valence-electron chi connectivity index (χ4n) is 5.14. The lowest BCUT2D eigenvalue weighted by atomic mass is 9.99. The number of aromatic nitrogens is 2. The average molecular weight is 577 g/mol. The lowest BCUT2D eigenvalue weighted by Gasteiger charge is -2.39. The first-order chi connectivity index (χ1) is 19.4. The van der Waals surface area contributed by atoms with Crippen molar-refractivity contribution in [1.82, 2.24) is 24.7 Å². The molecule has 0 bridgehead atoms. The van der Waals surface area contributed by atoms with E-state index in [-0.39, 0.29) is 30.6 Å². The van der Waals surface area contributed by atoms with Crippen LogP contribution in [-0.4, -0.2) is 81.8 Å². The molecule has 0 unspecified atom stereocenters. The van der Waals surface area contributed by atoms with Gasteiger partial charge in [0.25, 0.3) is 6.43 Å². The maximum Gasteiger partial charge on any atom is 0.410 e. The molecule has 2 fully saturated rings. The van der Waals surface area contributed by atoms with Crippen molar-refractivity contribution in [3.63, 3.8) is 0 Å². The summed E-state index contributed by atoms with van der Waals surface area (Å²) in [5.74, 6) is -0.232. The standard InChI is InChI=1S/C28H35F3N6O4/c1-16(18-6-5-7-19(22(18)29)23(30)31)32-25-20-14-36(26(38)35-8-10-40-11-9-35)15-21(20)33-24(34-25)17-12-37(13-17)27(39)41-28(2,3)4/h5-7,16-17,23H,8-15H2,1-4H3,(H,32,33,34)/t16-/m1/s1. The number of carbonyl (C=O) groups excluding carboxylic acids is 2. The van der Waals surface area contributed by atoms with Crippen molar-refractivity contribution < 1.29 is 32.2 Å². The number of amides is 3. The Morgan fingerprint density at radius 3 is 2.39 bits per heavy atom. The normalized spacial score (nSPS) is 18.3. The number of ether oxygens (including phenoxy) is 2. The van der Waals surface area contributed by atoms with Crippen molar-refractivity contribution in [3.8, 4) is 0 Å². The van der Waals surface area contributed by atoms with E-state index in [0.29, 0.717) is 62.3 Å². The molecule has 3 aliphatic heterocycles. The van der Waals surface area contributed by atoms with Crippen LogP contribution in [-0.2, 0) is 22.6 Å². The first-order valence-electron chi connectivity index (χ1n) is 13.7. The summed E-state index contributed by atoms with van der Waals surface area (Å²) in [6.07, 6.45) is -3.36. The molecule has 3 aliphatic rings. The van der Waals surface area contributed by atoms with Crippen molar-refractivity contribution in [2.24, 2.45) is 0 Å². The van der Waals surface area contributed by atoms with Gasteiger partial charge >= 0.3 is 12.1 Å². The van der Waals surface area contributed by atoms with Crippen LogP contribution >= 0.6 is 0 Å². The van der Waals surface area contributed by atoms with Crippen LogP contribution in [0.15, 0.2) is 18.2 Å². The zero-order valence-corrected chi connectivity index (χ0v) is 23.6. The summed E-state index contributed by atoms with van der Waals surface area (Å²) in [5.41, 5.74) is 0.145. The Labute approximate surface area is 236 Å². The number of morpholine rings is 1. The number of nitrogens with zero attached hydrogens (tertiary/aromatic N) is 5. The first-order valence-corrected chi connectivity index (χ1v) is 13.7. The smallest absolute Gasteiger partial charge is 0.410 e. The number of halogens is 3. The molecule has 41 heavy (non-hydrogen) atoms. The molecule has 0 radical (unpaired) electrons. The third-order valence-corrected chi connectivity index (χ3v) is 7.36. The summed E-state index contributed by atoms with van der Waals surface area (Å²) in [6.45, 7) is 10.2. The number of hydrogen-bond acceptors (Lipinski definition) is 7. The number of benzene rings is 1. The maximum absolute atomic E-state index is 15.0. The first kappa shape index (κ1) is 28.9. The Morgan fingerprint density at radius 2 is 1.73 bits per heavy atom. The molecule has 4 heterocycles. The second-order valence-electron chi connectivity index (χ2n) is 11.6. The number of urea groups is 1. The van der Waals surface area contributed by atoms with Gasteiger partial charge in [-0.3, -0.25) is 0 Å². The zero-order valence-electron chi connectivity index (χ0n) is 23.6. The quantitative estimate of drug-likeness (QED) is 0.544. The summed E-state index contributed by atoms with van der Waals surface area (Å²) in [4.78, 5) is 40.2. The summed E-state index contributed by atoms with van der Waals surface area (Å²) in [5, 5.41) is 3.20. The Hall–Kier alpha value is -3.61. The van der Waals surface area contributed by atoms with Crippen LogP contribution in [0, 0.1) is 5.82 Å². The number of hydrogen-bond donors (Lipinski definition) is 1. The molecule has 222 valence electrons. The molecule has 2 aromatic rings. The highest BCUT2D eigenvalue weighted by atomic mass is 19.3. The summed E-state index contributed by atoms with van der Waals surface area (Å²) in [7, 11) is 0. The molecule has 3 amide bonds. The molecule has 1 aromatic carbocycles. The summed E-state index contributed by atoms with van der Waals surface area (Å²) >= 11 is 0. The van der Waals surface area contributed by atoms with E-state index in [1.807, 2.05) is 0 Å². The van der Waals surface area contributed by atoms with E-state index >= 15 is 0 Å². The predicted molar refractivity (Wildman–Crippen MR) is 143 cm³/mol. The van der Waals surface area contributed by atoms with Crippen molar-refractivity contribution in [1.29, 1.82) is 0 Å². The molecule has 13 heteroatoms. The molecule has 0 saturated carbocycles. The van der Waals surface area contributed by atoms with Gasteiger partial charge in [0.15, 0.2) is 0 Å². The highest BCUT2D eigenvalue weighted by Crippen LogP contribution is 2.35. The number of likely N-dealkylation sites (tertiary alicyclic amines) is 1. The van der Waals surface area contributed by atoms with Gasteiger partial charge in [-0.15, -0.1) is 0 Å². The van der Waals surface area contributed by atoms with Crippen LogP contribution in [0.5, 0.6) is 0 Å². The van der Waals surface area contributed by atoms with Crippen LogP contribution in [0.25, 0.3) is 0 Å². The summed E-state index contributed by atoms with van der Waals surface area (Å²) in [6, 6.07) is 3.08. The Balaban J connectivity index is 1.40. The largest absolute Gasteiger partial charge is 0.444 e. The molecular formula is C28H35F3N6O4. The number of rotatable bonds is 5. The van der Waals surface area contributed by atoms with Crippen LogP contribution in [0.1, 0.15) is 74.3 Å². The molecule has 1 N–H and O–H groups in total. The number of nitrogens with one attached hydrogen (secondary N) is 1. The molecule has 0 aliphatic carbocycles. The maximum atomic E-state index is 15.0. The van der Waals surface area contributed by atoms with Crippen LogP contribution < -0.4 is 5.32 Å². The molecule has 5 rings (SSSR count). The Bertz CT molecular complexity index is 1310. The van der Waals surface area contributed by atoms with Gasteiger partial charge in [-0.25, -0.2) is 32.7 Å². The summed E-state index contributed by atoms with van der Waals surface area (Å²) < 4.78 is 52.5. The minimum atomic E-state index is -2.94. The molecule has 1 atom stereocenters. The van der Waals surface area contributed by atoms with Crippen molar-refractivity contribution >= 4 is 17.9 Å². The van der Waals surface area contributed by atoms with Crippen LogP contribution in [0.4, 0.5) is 28.6 Å². The van der Waals surface area contributed by atoms with Gasteiger partial charge in [0.05, 0.1) is 49.5 Å².